The first-order valence-electron chi connectivity index (χ1n) is 16.2. The van der Waals surface area contributed by atoms with Gasteiger partial charge in [-0.1, -0.05) is 74.6 Å². The van der Waals surface area contributed by atoms with E-state index in [1.165, 1.54) is 19.3 Å². The van der Waals surface area contributed by atoms with Crippen LogP contribution in [0.4, 0.5) is 4.79 Å². The average Bonchev–Trinajstić information content (AvgIpc) is 3.05. The largest absolute Gasteiger partial charge is 0.390 e. The number of carbonyl (C=O) groups is 1. The van der Waals surface area contributed by atoms with E-state index in [4.69, 9.17) is 14.7 Å². The number of rotatable bonds is 15. The van der Waals surface area contributed by atoms with Crippen LogP contribution in [0.2, 0.25) is 0 Å². The summed E-state index contributed by atoms with van der Waals surface area (Å²) in [7, 11) is 1.70. The number of likely N-dealkylation sites (tertiary alicyclic amines) is 1. The molecule has 43 heavy (non-hydrogen) atoms. The van der Waals surface area contributed by atoms with Crippen molar-refractivity contribution >= 4 is 6.03 Å². The van der Waals surface area contributed by atoms with Crippen molar-refractivity contribution < 1.29 is 19.4 Å². The Labute approximate surface area is 257 Å². The van der Waals surface area contributed by atoms with Crippen molar-refractivity contribution in [1.82, 2.24) is 15.5 Å². The summed E-state index contributed by atoms with van der Waals surface area (Å²) < 4.78 is 11.6. The number of piperidine rings is 1. The molecule has 234 valence electrons. The van der Waals surface area contributed by atoms with Crippen LogP contribution in [0.15, 0.2) is 54.6 Å². The first kappa shape index (κ1) is 32.9. The van der Waals surface area contributed by atoms with Gasteiger partial charge in [-0.3, -0.25) is 0 Å². The highest BCUT2D eigenvalue weighted by atomic mass is 16.5. The number of amides is 2. The number of hydrogen-bond donors (Lipinski definition) is 3. The van der Waals surface area contributed by atoms with Gasteiger partial charge in [0.2, 0.25) is 0 Å². The van der Waals surface area contributed by atoms with Gasteiger partial charge in [0.05, 0.1) is 29.9 Å². The number of urea groups is 1. The molecule has 0 radical (unpaired) electrons. The second kappa shape index (κ2) is 18.0. The topological polar surface area (TPSA) is 107 Å². The molecule has 2 amide bonds. The summed E-state index contributed by atoms with van der Waals surface area (Å²) in [6, 6.07) is 19.5. The van der Waals surface area contributed by atoms with Gasteiger partial charge in [-0.2, -0.15) is 5.26 Å². The van der Waals surface area contributed by atoms with Crippen LogP contribution in [-0.2, 0) is 16.0 Å². The van der Waals surface area contributed by atoms with Crippen LogP contribution >= 0.6 is 0 Å². The van der Waals surface area contributed by atoms with Crippen molar-refractivity contribution in [2.75, 3.05) is 40.0 Å². The molecule has 1 aliphatic heterocycles. The fourth-order valence-corrected chi connectivity index (χ4v) is 6.55. The zero-order valence-electron chi connectivity index (χ0n) is 25.8. The predicted octanol–water partition coefficient (Wildman–Crippen LogP) is 5.56. The minimum absolute atomic E-state index is 0.0799. The van der Waals surface area contributed by atoms with Gasteiger partial charge in [-0.25, -0.2) is 4.79 Å². The number of hydrogen-bond acceptors (Lipinski definition) is 6. The Kier molecular flexibility index (Phi) is 13.8. The van der Waals surface area contributed by atoms with Crippen molar-refractivity contribution in [2.24, 2.45) is 11.8 Å². The van der Waals surface area contributed by atoms with E-state index in [9.17, 15) is 9.90 Å². The second-order valence-corrected chi connectivity index (χ2v) is 12.2. The lowest BCUT2D eigenvalue weighted by molar-refractivity contribution is -0.0171. The Hall–Kier alpha value is -2.96. The number of methoxy groups -OCH3 is 1. The van der Waals surface area contributed by atoms with Gasteiger partial charge in [0, 0.05) is 52.4 Å². The molecule has 1 aliphatic carbocycles. The predicted molar refractivity (Wildman–Crippen MR) is 168 cm³/mol. The Balaban J connectivity index is 1.37. The van der Waals surface area contributed by atoms with Crippen LogP contribution in [0, 0.1) is 23.2 Å². The quantitative estimate of drug-likeness (QED) is 0.235. The number of nitriles is 1. The van der Waals surface area contributed by atoms with Crippen LogP contribution in [0.25, 0.3) is 0 Å². The molecule has 2 fully saturated rings. The third-order valence-corrected chi connectivity index (χ3v) is 8.94. The zero-order valence-corrected chi connectivity index (χ0v) is 25.8. The van der Waals surface area contributed by atoms with Crippen molar-refractivity contribution in [3.05, 3.63) is 71.3 Å². The number of nitrogens with one attached hydrogen (secondary N) is 2. The minimum Gasteiger partial charge on any atom is -0.390 e. The van der Waals surface area contributed by atoms with Gasteiger partial charge in [-0.15, -0.1) is 0 Å². The number of aliphatic hydroxyl groups excluding tert-OH is 1. The van der Waals surface area contributed by atoms with Gasteiger partial charge in [0.1, 0.15) is 0 Å². The standard InChI is InChI=1S/C35H50N4O4/c1-42-20-9-21-43-34(30-12-6-3-7-13-30)31-14-8-19-39(26-31)35(41)38-32(22-27-10-4-2-5-11-27)33(40)25-37-24-29-17-15-28(23-36)16-18-29/h3,6-7,12-13,15-18,27,31-34,37,40H,2,4-5,8-11,14,19-22,24-26H2,1H3,(H,38,41)/t31?,32-,33-,34?/m0/s1. The molecule has 8 heteroatoms. The van der Waals surface area contributed by atoms with E-state index in [0.717, 1.165) is 49.7 Å². The molecule has 3 N–H and O–H groups in total. The number of ether oxygens (including phenoxy) is 2. The van der Waals surface area contributed by atoms with Gasteiger partial charge in [0.25, 0.3) is 0 Å². The molecule has 1 saturated heterocycles. The van der Waals surface area contributed by atoms with E-state index in [-0.39, 0.29) is 24.1 Å². The van der Waals surface area contributed by atoms with Crippen LogP contribution in [0.5, 0.6) is 0 Å². The number of aliphatic hydroxyl groups is 1. The molecule has 4 rings (SSSR count). The molecular formula is C35H50N4O4. The van der Waals surface area contributed by atoms with Gasteiger partial charge in [0.15, 0.2) is 0 Å². The average molecular weight is 591 g/mol. The number of nitrogens with zero attached hydrogens (tertiary/aromatic N) is 2. The molecule has 0 bridgehead atoms. The summed E-state index contributed by atoms with van der Waals surface area (Å²) in [5.41, 5.74) is 2.83. The number of benzene rings is 2. The molecule has 0 spiro atoms. The summed E-state index contributed by atoms with van der Waals surface area (Å²) in [5, 5.41) is 27.0. The van der Waals surface area contributed by atoms with E-state index in [0.29, 0.717) is 50.9 Å². The Morgan fingerprint density at radius 3 is 2.53 bits per heavy atom. The summed E-state index contributed by atoms with van der Waals surface area (Å²) in [4.78, 5) is 15.6. The normalized spacial score (nSPS) is 19.7. The van der Waals surface area contributed by atoms with Crippen molar-refractivity contribution in [3.63, 3.8) is 0 Å². The van der Waals surface area contributed by atoms with Crippen molar-refractivity contribution in [3.8, 4) is 6.07 Å². The van der Waals surface area contributed by atoms with Crippen LogP contribution in [0.1, 0.15) is 80.6 Å². The molecular weight excluding hydrogens is 540 g/mol. The van der Waals surface area contributed by atoms with E-state index >= 15 is 0 Å². The molecule has 2 unspecified atom stereocenters. The fraction of sp³-hybridized carbons (Fsp3) is 0.600. The van der Waals surface area contributed by atoms with Gasteiger partial charge < -0.3 is 30.1 Å². The SMILES string of the molecule is COCCCOC(c1ccccc1)C1CCCN(C(=O)N[C@@H](CC2CCCCC2)[C@@H](O)CNCc2ccc(C#N)cc2)C1. The van der Waals surface area contributed by atoms with Crippen LogP contribution < -0.4 is 10.6 Å². The minimum atomic E-state index is -0.703. The third kappa shape index (κ3) is 10.6. The van der Waals surface area contributed by atoms with Crippen molar-refractivity contribution in [1.29, 1.82) is 5.26 Å². The molecule has 2 aromatic carbocycles. The molecule has 1 heterocycles. The van der Waals surface area contributed by atoms with E-state index in [1.54, 1.807) is 19.2 Å². The lowest BCUT2D eigenvalue weighted by Crippen LogP contribution is -2.54. The lowest BCUT2D eigenvalue weighted by atomic mass is 9.83. The molecule has 2 aliphatic rings. The second-order valence-electron chi connectivity index (χ2n) is 12.2. The highest BCUT2D eigenvalue weighted by Crippen LogP contribution is 2.33. The Morgan fingerprint density at radius 1 is 1.05 bits per heavy atom. The smallest absolute Gasteiger partial charge is 0.317 e. The van der Waals surface area contributed by atoms with Crippen LogP contribution in [-0.4, -0.2) is 68.1 Å². The molecule has 2 aromatic rings. The monoisotopic (exact) mass is 590 g/mol. The van der Waals surface area contributed by atoms with Gasteiger partial charge in [-0.05, 0) is 54.9 Å². The van der Waals surface area contributed by atoms with E-state index < -0.39 is 6.10 Å². The lowest BCUT2D eigenvalue weighted by Gasteiger charge is -2.38. The first-order valence-corrected chi connectivity index (χ1v) is 16.2. The maximum absolute atomic E-state index is 13.7. The maximum atomic E-state index is 13.7. The van der Waals surface area contributed by atoms with Crippen LogP contribution in [0.3, 0.4) is 0 Å². The summed E-state index contributed by atoms with van der Waals surface area (Å²) in [5.74, 6) is 0.713. The third-order valence-electron chi connectivity index (χ3n) is 8.94. The summed E-state index contributed by atoms with van der Waals surface area (Å²) in [6.07, 6.45) is 8.78. The first-order chi connectivity index (χ1) is 21.1. The van der Waals surface area contributed by atoms with E-state index in [1.807, 2.05) is 35.2 Å². The fourth-order valence-electron chi connectivity index (χ4n) is 6.55. The highest BCUT2D eigenvalue weighted by Gasteiger charge is 2.33. The summed E-state index contributed by atoms with van der Waals surface area (Å²) in [6.45, 7) is 3.57. The van der Waals surface area contributed by atoms with Gasteiger partial charge >= 0.3 is 6.03 Å². The molecule has 4 atom stereocenters. The molecule has 1 saturated carbocycles. The Bertz CT molecular complexity index is 1120. The van der Waals surface area contributed by atoms with Crippen molar-refractivity contribution in [2.45, 2.75) is 82.6 Å². The maximum Gasteiger partial charge on any atom is 0.317 e. The highest BCUT2D eigenvalue weighted by molar-refractivity contribution is 5.74. The zero-order chi connectivity index (χ0) is 30.3. The Morgan fingerprint density at radius 2 is 1.81 bits per heavy atom. The van der Waals surface area contributed by atoms with E-state index in [2.05, 4.69) is 28.8 Å². The number of carbonyl (C=O) groups excluding carboxylic acids is 1. The summed E-state index contributed by atoms with van der Waals surface area (Å²) >= 11 is 0. The molecule has 8 nitrogen and oxygen atoms in total. The molecule has 0 aromatic heterocycles.